The quantitative estimate of drug-likeness (QED) is 0.695. The van der Waals surface area contributed by atoms with Crippen molar-refractivity contribution in [2.45, 2.75) is 39.8 Å². The summed E-state index contributed by atoms with van der Waals surface area (Å²) < 4.78 is 11.1. The molecule has 5 heteroatoms. The van der Waals surface area contributed by atoms with Crippen LogP contribution < -0.4 is 0 Å². The molecule has 2 atom stereocenters. The fourth-order valence-corrected chi connectivity index (χ4v) is 3.50. The molecule has 0 aromatic heterocycles. The van der Waals surface area contributed by atoms with Gasteiger partial charge in [-0.25, -0.2) is 9.69 Å². The second kappa shape index (κ2) is 9.23. The molecular formula is C24H29NO4. The Balaban J connectivity index is 1.70. The molecule has 2 amide bonds. The molecule has 1 saturated heterocycles. The highest BCUT2D eigenvalue weighted by molar-refractivity contribution is 5.95. The summed E-state index contributed by atoms with van der Waals surface area (Å²) in [7, 11) is 0. The van der Waals surface area contributed by atoms with Crippen molar-refractivity contribution >= 4 is 12.0 Å². The smallest absolute Gasteiger partial charge is 0.416 e. The summed E-state index contributed by atoms with van der Waals surface area (Å²) in [6, 6.07) is 19.4. The van der Waals surface area contributed by atoms with Gasteiger partial charge in [-0.05, 0) is 23.0 Å². The highest BCUT2D eigenvalue weighted by Gasteiger charge is 2.44. The largest absolute Gasteiger partial charge is 0.447 e. The fraction of sp³-hybridized carbons (Fsp3) is 0.417. The Morgan fingerprint density at radius 1 is 1.07 bits per heavy atom. The standard InChI is InChI=1S/C24H29NO4/c1-24(2,3)21(17-28-15-19-12-8-5-9-13-19)22(26)25-20(16-29-23(25)27)14-18-10-6-4-7-11-18/h4-13,20-21H,14-17H2,1-3H3/t20-,21+/m1/s1. The minimum Gasteiger partial charge on any atom is -0.447 e. The Bertz CT molecular complexity index is 814. The van der Waals surface area contributed by atoms with E-state index in [1.807, 2.05) is 81.4 Å². The van der Waals surface area contributed by atoms with Gasteiger partial charge in [0.05, 0.1) is 25.2 Å². The Morgan fingerprint density at radius 3 is 2.24 bits per heavy atom. The van der Waals surface area contributed by atoms with E-state index in [1.54, 1.807) is 0 Å². The number of imide groups is 1. The van der Waals surface area contributed by atoms with Gasteiger partial charge in [0.25, 0.3) is 0 Å². The molecule has 1 aliphatic rings. The maximum absolute atomic E-state index is 13.4. The summed E-state index contributed by atoms with van der Waals surface area (Å²) >= 11 is 0. The molecule has 0 spiro atoms. The summed E-state index contributed by atoms with van der Waals surface area (Å²) in [6.07, 6.45) is 0.0216. The number of carbonyl (C=O) groups is 2. The van der Waals surface area contributed by atoms with E-state index in [-0.39, 0.29) is 30.6 Å². The van der Waals surface area contributed by atoms with Gasteiger partial charge in [0.1, 0.15) is 6.61 Å². The first-order valence-corrected chi connectivity index (χ1v) is 10.0. The third-order valence-corrected chi connectivity index (χ3v) is 5.25. The third-order valence-electron chi connectivity index (χ3n) is 5.25. The number of benzene rings is 2. The number of amides is 2. The molecule has 3 rings (SSSR count). The van der Waals surface area contributed by atoms with Crippen LogP contribution in [0.5, 0.6) is 0 Å². The highest BCUT2D eigenvalue weighted by Crippen LogP contribution is 2.31. The minimum atomic E-state index is -0.562. The fourth-order valence-electron chi connectivity index (χ4n) is 3.50. The highest BCUT2D eigenvalue weighted by atomic mass is 16.6. The van der Waals surface area contributed by atoms with Crippen LogP contribution in [0.1, 0.15) is 31.9 Å². The normalized spacial score (nSPS) is 17.8. The van der Waals surface area contributed by atoms with Crippen molar-refractivity contribution in [1.29, 1.82) is 0 Å². The zero-order chi connectivity index (χ0) is 20.9. The van der Waals surface area contributed by atoms with Crippen LogP contribution in [0.4, 0.5) is 4.79 Å². The molecular weight excluding hydrogens is 366 g/mol. The average molecular weight is 395 g/mol. The lowest BCUT2D eigenvalue weighted by molar-refractivity contribution is -0.140. The van der Waals surface area contributed by atoms with E-state index >= 15 is 0 Å². The van der Waals surface area contributed by atoms with Crippen molar-refractivity contribution in [2.24, 2.45) is 11.3 Å². The SMILES string of the molecule is CC(C)(C)[C@@H](COCc1ccccc1)C(=O)N1C(=O)OC[C@H]1Cc1ccccc1. The second-order valence-corrected chi connectivity index (χ2v) is 8.55. The molecule has 0 bridgehead atoms. The maximum atomic E-state index is 13.4. The first-order valence-electron chi connectivity index (χ1n) is 10.0. The van der Waals surface area contributed by atoms with Gasteiger partial charge in [-0.3, -0.25) is 4.79 Å². The summed E-state index contributed by atoms with van der Waals surface area (Å²) in [5, 5.41) is 0. The Morgan fingerprint density at radius 2 is 1.66 bits per heavy atom. The molecule has 1 aliphatic heterocycles. The van der Waals surface area contributed by atoms with Crippen molar-refractivity contribution in [3.8, 4) is 0 Å². The molecule has 5 nitrogen and oxygen atoms in total. The van der Waals surface area contributed by atoms with Crippen molar-refractivity contribution in [2.75, 3.05) is 13.2 Å². The van der Waals surface area contributed by atoms with Gasteiger partial charge in [-0.15, -0.1) is 0 Å². The summed E-state index contributed by atoms with van der Waals surface area (Å²) in [4.78, 5) is 27.1. The van der Waals surface area contributed by atoms with Gasteiger partial charge in [-0.1, -0.05) is 81.4 Å². The van der Waals surface area contributed by atoms with Crippen LogP contribution in [0.2, 0.25) is 0 Å². The molecule has 1 heterocycles. The van der Waals surface area contributed by atoms with E-state index in [4.69, 9.17) is 9.47 Å². The van der Waals surface area contributed by atoms with Gasteiger partial charge in [0.2, 0.25) is 5.91 Å². The van der Waals surface area contributed by atoms with Crippen LogP contribution in [-0.4, -0.2) is 36.2 Å². The minimum absolute atomic E-state index is 0.223. The predicted octanol–water partition coefficient (Wildman–Crippen LogP) is 4.46. The van der Waals surface area contributed by atoms with Crippen LogP contribution in [0.15, 0.2) is 60.7 Å². The molecule has 29 heavy (non-hydrogen) atoms. The topological polar surface area (TPSA) is 55.8 Å². The number of ether oxygens (including phenoxy) is 2. The lowest BCUT2D eigenvalue weighted by atomic mass is 9.80. The number of nitrogens with zero attached hydrogens (tertiary/aromatic N) is 1. The number of hydrogen-bond donors (Lipinski definition) is 0. The number of carbonyl (C=O) groups excluding carboxylic acids is 2. The lowest BCUT2D eigenvalue weighted by Crippen LogP contribution is -2.48. The molecule has 0 unspecified atom stereocenters. The van der Waals surface area contributed by atoms with E-state index in [0.717, 1.165) is 11.1 Å². The maximum Gasteiger partial charge on any atom is 0.416 e. The first kappa shape index (κ1) is 21.1. The molecule has 0 radical (unpaired) electrons. The lowest BCUT2D eigenvalue weighted by Gasteiger charge is -2.33. The first-order chi connectivity index (χ1) is 13.9. The monoisotopic (exact) mass is 395 g/mol. The van der Waals surface area contributed by atoms with Crippen LogP contribution in [-0.2, 0) is 27.3 Å². The molecule has 154 valence electrons. The van der Waals surface area contributed by atoms with Crippen molar-refractivity contribution in [1.82, 2.24) is 4.90 Å². The summed E-state index contributed by atoms with van der Waals surface area (Å²) in [5.74, 6) is -0.677. The molecule has 0 aliphatic carbocycles. The van der Waals surface area contributed by atoms with E-state index in [9.17, 15) is 9.59 Å². The van der Waals surface area contributed by atoms with Crippen molar-refractivity contribution in [3.05, 3.63) is 71.8 Å². The summed E-state index contributed by atoms with van der Waals surface area (Å²) in [6.45, 7) is 6.89. The van der Waals surface area contributed by atoms with Gasteiger partial charge in [-0.2, -0.15) is 0 Å². The van der Waals surface area contributed by atoms with Gasteiger partial charge >= 0.3 is 6.09 Å². The number of rotatable bonds is 7. The molecule has 0 N–H and O–H groups in total. The zero-order valence-electron chi connectivity index (χ0n) is 17.3. The van der Waals surface area contributed by atoms with Crippen molar-refractivity contribution < 1.29 is 19.1 Å². The van der Waals surface area contributed by atoms with Crippen LogP contribution >= 0.6 is 0 Å². The van der Waals surface area contributed by atoms with Crippen LogP contribution in [0.25, 0.3) is 0 Å². The van der Waals surface area contributed by atoms with Crippen LogP contribution in [0, 0.1) is 11.3 Å². The molecule has 1 fully saturated rings. The van der Waals surface area contributed by atoms with Gasteiger partial charge < -0.3 is 9.47 Å². The molecule has 2 aromatic carbocycles. The van der Waals surface area contributed by atoms with E-state index < -0.39 is 12.0 Å². The summed E-state index contributed by atoms with van der Waals surface area (Å²) in [5.41, 5.74) is 1.77. The Hall–Kier alpha value is -2.66. The Kier molecular flexibility index (Phi) is 6.70. The number of cyclic esters (lactones) is 1. The molecule has 2 aromatic rings. The number of hydrogen-bond acceptors (Lipinski definition) is 4. The average Bonchev–Trinajstić information content (AvgIpc) is 3.05. The van der Waals surface area contributed by atoms with E-state index in [0.29, 0.717) is 13.0 Å². The van der Waals surface area contributed by atoms with Gasteiger partial charge in [0.15, 0.2) is 0 Å². The van der Waals surface area contributed by atoms with Crippen LogP contribution in [0.3, 0.4) is 0 Å². The Labute approximate surface area is 172 Å². The van der Waals surface area contributed by atoms with Crippen molar-refractivity contribution in [3.63, 3.8) is 0 Å². The third kappa shape index (κ3) is 5.45. The van der Waals surface area contributed by atoms with E-state index in [2.05, 4.69) is 0 Å². The second-order valence-electron chi connectivity index (χ2n) is 8.55. The zero-order valence-corrected chi connectivity index (χ0v) is 17.3. The molecule has 0 saturated carbocycles. The van der Waals surface area contributed by atoms with E-state index in [1.165, 1.54) is 4.90 Å². The van der Waals surface area contributed by atoms with Gasteiger partial charge in [0, 0.05) is 0 Å². The predicted molar refractivity (Wildman–Crippen MR) is 111 cm³/mol.